The van der Waals surface area contributed by atoms with Crippen molar-refractivity contribution in [2.45, 2.75) is 43.0 Å². The molecule has 0 spiro atoms. The molecule has 0 saturated heterocycles. The van der Waals surface area contributed by atoms with Gasteiger partial charge in [-0.05, 0) is 0 Å². The van der Waals surface area contributed by atoms with Crippen LogP contribution in [0.15, 0.2) is 24.3 Å². The number of unbranched alkanes of at least 4 members (excludes halogenated alkanes) is 1. The minimum Gasteiger partial charge on any atom is -0.393 e. The van der Waals surface area contributed by atoms with Crippen LogP contribution in [0.1, 0.15) is 33.6 Å². The number of hydrogen-bond acceptors (Lipinski definition) is 21. The molecular weight excluding hydrogens is 672 g/mol. The van der Waals surface area contributed by atoms with Crippen LogP contribution in [-0.2, 0) is 38.4 Å². The van der Waals surface area contributed by atoms with Crippen molar-refractivity contribution in [2.24, 2.45) is 0 Å². The van der Waals surface area contributed by atoms with Crippen molar-refractivity contribution in [1.29, 1.82) is 0 Å². The average molecular weight is 711 g/mol. The van der Waals surface area contributed by atoms with Gasteiger partial charge in [0, 0.05) is 24.0 Å². The molecule has 21 heteroatoms. The Bertz CT molecular complexity index is 1150. The third-order valence-electron chi connectivity index (χ3n) is 4.73. The molecule has 1 aliphatic rings. The first-order chi connectivity index (χ1) is 22.9. The highest BCUT2D eigenvalue weighted by Crippen LogP contribution is 2.27. The Hall–Kier alpha value is -4.52. The third-order valence-corrected chi connectivity index (χ3v) is 4.73. The second-order valence-corrected chi connectivity index (χ2v) is 8.43. The van der Waals surface area contributed by atoms with Crippen LogP contribution in [0.4, 0.5) is 0 Å². The van der Waals surface area contributed by atoms with Gasteiger partial charge in [0.25, 0.3) is 5.79 Å². The van der Waals surface area contributed by atoms with E-state index in [0.717, 1.165) is 12.6 Å². The van der Waals surface area contributed by atoms with Crippen LogP contribution in [0, 0.1) is 0 Å². The fourth-order valence-electron chi connectivity index (χ4n) is 2.14. The van der Waals surface area contributed by atoms with Crippen molar-refractivity contribution in [2.75, 3.05) is 33.0 Å². The number of aliphatic hydroxyl groups is 11. The van der Waals surface area contributed by atoms with E-state index < -0.39 is 92.2 Å². The highest BCUT2D eigenvalue weighted by atomic mass is 16.5. The summed E-state index contributed by atoms with van der Waals surface area (Å²) in [5.74, 6) is -7.27. The van der Waals surface area contributed by atoms with Gasteiger partial charge in [0.05, 0.1) is 13.2 Å². The minimum absolute atomic E-state index is 0.0260. The van der Waals surface area contributed by atoms with Gasteiger partial charge in [0.2, 0.25) is 17.3 Å². The first-order valence-corrected chi connectivity index (χ1v) is 13.1. The summed E-state index contributed by atoms with van der Waals surface area (Å²) in [6.45, 7) is -3.39. The number of ketones is 5. The van der Waals surface area contributed by atoms with Crippen LogP contribution in [0.25, 0.3) is 0 Å². The number of Topliss-reactive ketones (excluding diaryl/α,β-unsaturated/α-hetero) is 5. The molecule has 11 N–H and O–H groups in total. The lowest BCUT2D eigenvalue weighted by molar-refractivity contribution is -0.139. The Labute approximate surface area is 276 Å². The molecule has 1 aromatic carbocycles. The number of aldehydes is 5. The van der Waals surface area contributed by atoms with Crippen LogP contribution in [0.3, 0.4) is 0 Å². The fourth-order valence-corrected chi connectivity index (χ4v) is 2.14. The second kappa shape index (κ2) is 30.8. The normalized spacial score (nSPS) is 13.9. The lowest BCUT2D eigenvalue weighted by Crippen LogP contribution is -2.40. The number of rotatable bonds is 14. The Kier molecular flexibility index (Phi) is 32.2. The topological polar surface area (TPSA) is 393 Å². The van der Waals surface area contributed by atoms with Crippen molar-refractivity contribution >= 4 is 60.3 Å². The lowest BCUT2D eigenvalue weighted by atomic mass is 10.1. The molecule has 0 saturated carbocycles. The number of fused-ring (bicyclic) bond motifs is 1. The second-order valence-electron chi connectivity index (χ2n) is 8.43. The van der Waals surface area contributed by atoms with Crippen LogP contribution < -0.4 is 0 Å². The molecule has 21 nitrogen and oxygen atoms in total. The summed E-state index contributed by atoms with van der Waals surface area (Å²) < 4.78 is 0. The first-order valence-electron chi connectivity index (χ1n) is 13.1. The molecule has 0 aromatic heterocycles. The predicted octanol–water partition coefficient (Wildman–Crippen LogP) is -7.43. The van der Waals surface area contributed by atoms with Gasteiger partial charge in [-0.2, -0.15) is 0 Å². The van der Waals surface area contributed by atoms with Gasteiger partial charge in [-0.25, -0.2) is 0 Å². The zero-order chi connectivity index (χ0) is 39.2. The maximum atomic E-state index is 11.2. The number of hydrogen-bond donors (Lipinski definition) is 11. The molecule has 0 fully saturated rings. The zero-order valence-corrected chi connectivity index (χ0v) is 25.5. The van der Waals surface area contributed by atoms with E-state index in [1.807, 2.05) is 0 Å². The van der Waals surface area contributed by atoms with Gasteiger partial charge in [0.15, 0.2) is 30.4 Å². The molecule has 4 atom stereocenters. The quantitative estimate of drug-likeness (QED) is 0.0281. The molecule has 49 heavy (non-hydrogen) atoms. The molecule has 1 aromatic rings. The standard InChI is InChI=1S/C9H6O4.C5H8O5.C4H8O4.C4H6O2.C3H6O3.C3H4O3/c10-7-5-3-1-2-4-6(5)8(11)9(7,12)13;6-1-3(8)5(10)4(9)2-7;5-1-3(7)4(8)2-6;5-3-1-2-4-6;2*4-1-3(6)2-5/h1-4,12-13H;1,3,5,7-8,10H,2H2;3,5-7H,1-2H2;3-4H,1-2H2;1,3,5-6H,2H2;1,5H,2H2. The molecule has 276 valence electrons. The Morgan fingerprint density at radius 1 is 0.653 bits per heavy atom. The maximum absolute atomic E-state index is 11.2. The molecule has 4 unspecified atom stereocenters. The van der Waals surface area contributed by atoms with E-state index in [-0.39, 0.29) is 30.0 Å². The van der Waals surface area contributed by atoms with Gasteiger partial charge >= 0.3 is 0 Å². The SMILES string of the molecule is O=C(CO)C(O)CO.O=C1c2ccccc2C(=O)C1(O)O.O=CC(=O)CO.O=CC(O)C(O)C(=O)CO.O=CC(O)CO.O=CCCC=O. The summed E-state index contributed by atoms with van der Waals surface area (Å²) in [7, 11) is 0. The molecule has 0 radical (unpaired) electrons. The van der Waals surface area contributed by atoms with Crippen LogP contribution in [0.5, 0.6) is 0 Å². The van der Waals surface area contributed by atoms with E-state index in [2.05, 4.69) is 0 Å². The Morgan fingerprint density at radius 3 is 1.29 bits per heavy atom. The fraction of sp³-hybridized carbons (Fsp3) is 0.429. The highest BCUT2D eigenvalue weighted by Gasteiger charge is 2.50. The largest absolute Gasteiger partial charge is 0.393 e. The van der Waals surface area contributed by atoms with Crippen molar-refractivity contribution in [3.8, 4) is 0 Å². The van der Waals surface area contributed by atoms with Crippen LogP contribution in [-0.4, -0.2) is 180 Å². The molecule has 0 bridgehead atoms. The third kappa shape index (κ3) is 22.6. The number of benzene rings is 1. The lowest BCUT2D eigenvalue weighted by Gasteiger charge is -2.08. The van der Waals surface area contributed by atoms with E-state index in [0.29, 0.717) is 12.8 Å². The van der Waals surface area contributed by atoms with Crippen molar-refractivity contribution in [3.05, 3.63) is 35.4 Å². The zero-order valence-electron chi connectivity index (χ0n) is 25.5. The van der Waals surface area contributed by atoms with E-state index in [9.17, 15) is 47.9 Å². The van der Waals surface area contributed by atoms with Crippen molar-refractivity contribution in [1.82, 2.24) is 0 Å². The summed E-state index contributed by atoms with van der Waals surface area (Å²) in [6, 6.07) is 5.91. The van der Waals surface area contributed by atoms with E-state index in [1.165, 1.54) is 12.1 Å². The number of aliphatic hydroxyl groups excluding tert-OH is 9. The number of carbonyl (C=O) groups is 10. The van der Waals surface area contributed by atoms with Gasteiger partial charge in [-0.3, -0.25) is 28.8 Å². The molecule has 0 heterocycles. The summed E-state index contributed by atoms with van der Waals surface area (Å²) in [6.07, 6.45) is -3.57. The molecule has 2 rings (SSSR count). The number of carbonyl (C=O) groups excluding carboxylic acids is 10. The highest BCUT2D eigenvalue weighted by molar-refractivity contribution is 6.30. The average Bonchev–Trinajstić information content (AvgIpc) is 3.31. The van der Waals surface area contributed by atoms with Crippen molar-refractivity contribution in [3.63, 3.8) is 0 Å². The van der Waals surface area contributed by atoms with E-state index in [4.69, 9.17) is 56.2 Å². The van der Waals surface area contributed by atoms with Crippen LogP contribution >= 0.6 is 0 Å². The molecule has 0 amide bonds. The van der Waals surface area contributed by atoms with Crippen LogP contribution in [0.2, 0.25) is 0 Å². The smallest absolute Gasteiger partial charge is 0.295 e. The van der Waals surface area contributed by atoms with Gasteiger partial charge < -0.3 is 75.3 Å². The van der Waals surface area contributed by atoms with Crippen molar-refractivity contribution < 1.29 is 104 Å². The summed E-state index contributed by atoms with van der Waals surface area (Å²) in [5.41, 5.74) is 0.134. The Balaban J connectivity index is -0.000000256. The van der Waals surface area contributed by atoms with Gasteiger partial charge in [-0.1, -0.05) is 24.3 Å². The molecular formula is C28H38O21. The summed E-state index contributed by atoms with van der Waals surface area (Å²) >= 11 is 0. The van der Waals surface area contributed by atoms with E-state index >= 15 is 0 Å². The first kappa shape index (κ1) is 51.3. The summed E-state index contributed by atoms with van der Waals surface area (Å²) in [4.78, 5) is 99.4. The van der Waals surface area contributed by atoms with Gasteiger partial charge in [0.1, 0.15) is 56.8 Å². The molecule has 0 aliphatic heterocycles. The molecule has 1 aliphatic carbocycles. The van der Waals surface area contributed by atoms with E-state index in [1.54, 1.807) is 12.1 Å². The minimum atomic E-state index is -2.86. The summed E-state index contributed by atoms with van der Waals surface area (Å²) in [5, 5.41) is 91.5. The Morgan fingerprint density at radius 2 is 1.08 bits per heavy atom. The predicted molar refractivity (Wildman–Crippen MR) is 156 cm³/mol. The van der Waals surface area contributed by atoms with Gasteiger partial charge in [-0.15, -0.1) is 0 Å². The monoisotopic (exact) mass is 710 g/mol. The maximum Gasteiger partial charge on any atom is 0.295 e.